The number of nitrogens with zero attached hydrogens (tertiary/aromatic N) is 4. The number of oxazole rings is 1. The summed E-state index contributed by atoms with van der Waals surface area (Å²) in [7, 11) is 0. The fourth-order valence-corrected chi connectivity index (χ4v) is 5.99. The van der Waals surface area contributed by atoms with E-state index in [1.807, 2.05) is 6.92 Å². The smallest absolute Gasteiger partial charge is 0.191 e. The Morgan fingerprint density at radius 2 is 2.00 bits per heavy atom. The van der Waals surface area contributed by atoms with Gasteiger partial charge in [-0.25, -0.2) is 9.98 Å². The molecule has 2 aromatic heterocycles. The van der Waals surface area contributed by atoms with Gasteiger partial charge in [0.25, 0.3) is 0 Å². The average Bonchev–Trinajstić information content (AvgIpc) is 3.57. The van der Waals surface area contributed by atoms with Gasteiger partial charge in [0, 0.05) is 30.1 Å². The molecule has 0 bridgehead atoms. The van der Waals surface area contributed by atoms with Crippen molar-refractivity contribution in [3.63, 3.8) is 0 Å². The first kappa shape index (κ1) is 23.2. The molecule has 3 aromatic rings. The van der Waals surface area contributed by atoms with Crippen molar-refractivity contribution in [1.29, 1.82) is 0 Å². The molecule has 3 aliphatic rings. The molecular formula is C30H35N5O. The second-order valence-electron chi connectivity index (χ2n) is 10.7. The average molecular weight is 482 g/mol. The number of hydrogen-bond acceptors (Lipinski definition) is 5. The van der Waals surface area contributed by atoms with Crippen molar-refractivity contribution >= 4 is 28.5 Å². The number of aryl methyl sites for hydroxylation is 1. The monoisotopic (exact) mass is 481 g/mol. The van der Waals surface area contributed by atoms with Gasteiger partial charge in [0.1, 0.15) is 12.6 Å². The van der Waals surface area contributed by atoms with Crippen LogP contribution in [0.15, 0.2) is 57.1 Å². The number of benzene rings is 1. The zero-order chi connectivity index (χ0) is 24.6. The summed E-state index contributed by atoms with van der Waals surface area (Å²) in [5.74, 6) is 1.77. The third-order valence-corrected chi connectivity index (χ3v) is 7.87. The molecule has 36 heavy (non-hydrogen) atoms. The highest BCUT2D eigenvalue weighted by atomic mass is 16.3. The molecule has 1 N–H and O–H groups in total. The highest BCUT2D eigenvalue weighted by molar-refractivity contribution is 6.08. The van der Waals surface area contributed by atoms with Crippen LogP contribution in [0.25, 0.3) is 16.5 Å². The molecule has 1 saturated heterocycles. The second-order valence-corrected chi connectivity index (χ2v) is 10.7. The summed E-state index contributed by atoms with van der Waals surface area (Å²) in [6, 6.07) is 7.32. The van der Waals surface area contributed by atoms with Crippen LogP contribution in [0.1, 0.15) is 79.8 Å². The molecule has 6 nitrogen and oxygen atoms in total. The predicted octanol–water partition coefficient (Wildman–Crippen LogP) is 6.55. The van der Waals surface area contributed by atoms with E-state index in [1.165, 1.54) is 46.1 Å². The zero-order valence-electron chi connectivity index (χ0n) is 21.5. The Balaban J connectivity index is 1.24. The lowest BCUT2D eigenvalue weighted by atomic mass is 9.87. The Morgan fingerprint density at radius 3 is 2.78 bits per heavy atom. The molecular weight excluding hydrogens is 446 g/mol. The van der Waals surface area contributed by atoms with Gasteiger partial charge in [0.2, 0.25) is 0 Å². The fourth-order valence-electron chi connectivity index (χ4n) is 5.99. The van der Waals surface area contributed by atoms with Gasteiger partial charge in [0.15, 0.2) is 5.89 Å². The number of allylic oxidation sites excluding steroid dienone is 3. The Bertz CT molecular complexity index is 1380. The van der Waals surface area contributed by atoms with Crippen molar-refractivity contribution in [3.05, 3.63) is 71.1 Å². The van der Waals surface area contributed by atoms with E-state index in [4.69, 9.17) is 4.42 Å². The summed E-state index contributed by atoms with van der Waals surface area (Å²) in [6.07, 6.45) is 14.6. The number of rotatable bonds is 5. The number of aliphatic imine (C=N–C) groups is 2. The molecule has 1 atom stereocenters. The number of nitrogens with one attached hydrogen (secondary N) is 1. The van der Waals surface area contributed by atoms with E-state index >= 15 is 0 Å². The van der Waals surface area contributed by atoms with Crippen LogP contribution in [0.2, 0.25) is 0 Å². The maximum Gasteiger partial charge on any atom is 0.191 e. The van der Waals surface area contributed by atoms with Gasteiger partial charge in [0.05, 0.1) is 17.4 Å². The van der Waals surface area contributed by atoms with Gasteiger partial charge < -0.3 is 9.40 Å². The van der Waals surface area contributed by atoms with Crippen LogP contribution in [0.4, 0.5) is 0 Å². The van der Waals surface area contributed by atoms with Crippen LogP contribution >= 0.6 is 0 Å². The minimum absolute atomic E-state index is 0.223. The molecule has 0 spiro atoms. The largest absolute Gasteiger partial charge is 0.449 e. The summed E-state index contributed by atoms with van der Waals surface area (Å²) in [6.45, 7) is 9.58. The Kier molecular flexibility index (Phi) is 6.22. The number of aromatic amines is 1. The number of fused-ring (bicyclic) bond motifs is 2. The van der Waals surface area contributed by atoms with Crippen LogP contribution in [-0.2, 0) is 6.54 Å². The van der Waals surface area contributed by atoms with Crippen LogP contribution in [-0.4, -0.2) is 46.0 Å². The van der Waals surface area contributed by atoms with Crippen LogP contribution < -0.4 is 0 Å². The number of piperidine rings is 1. The van der Waals surface area contributed by atoms with Gasteiger partial charge >= 0.3 is 0 Å². The molecule has 6 rings (SSSR count). The highest BCUT2D eigenvalue weighted by Crippen LogP contribution is 2.37. The zero-order valence-corrected chi connectivity index (χ0v) is 21.5. The van der Waals surface area contributed by atoms with Gasteiger partial charge in [-0.05, 0) is 85.5 Å². The van der Waals surface area contributed by atoms with Crippen molar-refractivity contribution in [2.24, 2.45) is 9.98 Å². The molecule has 0 radical (unpaired) electrons. The molecule has 1 aromatic carbocycles. The van der Waals surface area contributed by atoms with Crippen molar-refractivity contribution in [2.45, 2.75) is 70.9 Å². The fraction of sp³-hybridized carbons (Fsp3) is 0.433. The minimum atomic E-state index is 0.223. The lowest BCUT2D eigenvalue weighted by Gasteiger charge is -2.31. The van der Waals surface area contributed by atoms with E-state index in [2.05, 4.69) is 75.1 Å². The first-order valence-electron chi connectivity index (χ1n) is 13.3. The number of hydrogen-bond donors (Lipinski definition) is 1. The molecule has 0 saturated carbocycles. The summed E-state index contributed by atoms with van der Waals surface area (Å²) in [5, 5.41) is 1.37. The molecule has 4 heterocycles. The lowest BCUT2D eigenvalue weighted by molar-refractivity contribution is 0.202. The molecule has 1 fully saturated rings. The van der Waals surface area contributed by atoms with Crippen LogP contribution in [0.5, 0.6) is 0 Å². The maximum absolute atomic E-state index is 5.38. The molecule has 1 aliphatic carbocycles. The Hall–Kier alpha value is -3.25. The number of H-pyrrole nitrogens is 1. The van der Waals surface area contributed by atoms with Crippen LogP contribution in [0.3, 0.4) is 0 Å². The van der Waals surface area contributed by atoms with Crippen molar-refractivity contribution in [2.75, 3.05) is 13.1 Å². The highest BCUT2D eigenvalue weighted by Gasteiger charge is 2.24. The SMILES string of the molecule is Cc1nc(CN2CCC(c3ccc4[nH]c(C5=C/CCC6N=CN=C6/C=C\5)c(C(C)C)c4c3)CC2)co1. The standard InChI is InChI=1S/C30H35N5O/c1-19(2)29-25-15-23(21-11-13-35(14-12-21)16-24-17-36-20(3)33-24)8-9-26(25)34-30(29)22-5-4-6-27-28(10-7-22)32-18-31-27/h5,7-10,15,17-19,21,27,34H,4,6,11-14,16H2,1-3H3/b10-7-,22-5+. The third kappa shape index (κ3) is 4.50. The number of likely N-dealkylation sites (tertiary alicyclic amines) is 1. The van der Waals surface area contributed by atoms with Crippen LogP contribution in [0, 0.1) is 6.92 Å². The Morgan fingerprint density at radius 1 is 1.14 bits per heavy atom. The summed E-state index contributed by atoms with van der Waals surface area (Å²) in [5.41, 5.74) is 8.75. The van der Waals surface area contributed by atoms with E-state index in [-0.39, 0.29) is 6.04 Å². The van der Waals surface area contributed by atoms with Crippen molar-refractivity contribution in [3.8, 4) is 0 Å². The Labute approximate surface area is 212 Å². The van der Waals surface area contributed by atoms with E-state index < -0.39 is 0 Å². The topological polar surface area (TPSA) is 69.8 Å². The first-order valence-corrected chi connectivity index (χ1v) is 13.3. The second kappa shape index (κ2) is 9.66. The molecule has 2 aliphatic heterocycles. The van der Waals surface area contributed by atoms with Gasteiger partial charge in [-0.2, -0.15) is 0 Å². The van der Waals surface area contributed by atoms with Gasteiger partial charge in [-0.1, -0.05) is 32.1 Å². The third-order valence-electron chi connectivity index (χ3n) is 7.87. The molecule has 0 amide bonds. The van der Waals surface area contributed by atoms with Crippen molar-refractivity contribution < 1.29 is 4.42 Å². The predicted molar refractivity (Wildman–Crippen MR) is 147 cm³/mol. The minimum Gasteiger partial charge on any atom is -0.449 e. The molecule has 1 unspecified atom stereocenters. The first-order chi connectivity index (χ1) is 17.5. The van der Waals surface area contributed by atoms with Gasteiger partial charge in [-0.3, -0.25) is 9.89 Å². The maximum atomic E-state index is 5.38. The van der Waals surface area contributed by atoms with E-state index in [0.717, 1.165) is 49.8 Å². The summed E-state index contributed by atoms with van der Waals surface area (Å²) < 4.78 is 5.38. The van der Waals surface area contributed by atoms with Crippen molar-refractivity contribution in [1.82, 2.24) is 14.9 Å². The summed E-state index contributed by atoms with van der Waals surface area (Å²) in [4.78, 5) is 19.7. The quantitative estimate of drug-likeness (QED) is 0.449. The molecule has 186 valence electrons. The number of aromatic nitrogens is 2. The lowest BCUT2D eigenvalue weighted by Crippen LogP contribution is -2.32. The van der Waals surface area contributed by atoms with E-state index in [9.17, 15) is 0 Å². The molecule has 6 heteroatoms. The normalized spacial score (nSPS) is 23.4. The summed E-state index contributed by atoms with van der Waals surface area (Å²) >= 11 is 0. The van der Waals surface area contributed by atoms with Gasteiger partial charge in [-0.15, -0.1) is 0 Å². The van der Waals surface area contributed by atoms with E-state index in [1.54, 1.807) is 12.6 Å². The van der Waals surface area contributed by atoms with E-state index in [0.29, 0.717) is 11.8 Å².